The Morgan fingerprint density at radius 3 is 2.37 bits per heavy atom. The second-order valence-corrected chi connectivity index (χ2v) is 5.71. The van der Waals surface area contributed by atoms with Crippen LogP contribution in [0.15, 0.2) is 4.47 Å². The molecule has 5 heteroatoms. The molecule has 0 saturated carbocycles. The maximum Gasteiger partial charge on any atom is 0.227 e. The predicted molar refractivity (Wildman–Crippen MR) is 84.0 cm³/mol. The Morgan fingerprint density at radius 1 is 1.11 bits per heavy atom. The SMILES string of the molecule is CCNc1nc(N2CCCCCC2)nc(CC)c1Br. The molecule has 1 fully saturated rings. The van der Waals surface area contributed by atoms with Gasteiger partial charge in [0.2, 0.25) is 5.95 Å². The van der Waals surface area contributed by atoms with Gasteiger partial charge >= 0.3 is 0 Å². The van der Waals surface area contributed by atoms with E-state index in [2.05, 4.69) is 40.0 Å². The maximum atomic E-state index is 4.73. The highest BCUT2D eigenvalue weighted by Crippen LogP contribution is 2.27. The summed E-state index contributed by atoms with van der Waals surface area (Å²) < 4.78 is 1.01. The summed E-state index contributed by atoms with van der Waals surface area (Å²) >= 11 is 3.61. The van der Waals surface area contributed by atoms with E-state index in [1.54, 1.807) is 0 Å². The number of hydrogen-bond donors (Lipinski definition) is 1. The quantitative estimate of drug-likeness (QED) is 0.917. The summed E-state index contributed by atoms with van der Waals surface area (Å²) in [6.45, 7) is 7.26. The highest BCUT2D eigenvalue weighted by molar-refractivity contribution is 9.10. The molecule has 1 aromatic rings. The third kappa shape index (κ3) is 3.59. The fourth-order valence-corrected chi connectivity index (χ4v) is 3.01. The van der Waals surface area contributed by atoms with Gasteiger partial charge in [-0.25, -0.2) is 4.98 Å². The molecule has 2 heterocycles. The first-order chi connectivity index (χ1) is 9.26. The molecule has 4 nitrogen and oxygen atoms in total. The first-order valence-corrected chi connectivity index (χ1v) is 8.10. The minimum atomic E-state index is 0.873. The van der Waals surface area contributed by atoms with E-state index in [0.29, 0.717) is 0 Å². The Kier molecular flexibility index (Phi) is 5.43. The Hall–Kier alpha value is -0.840. The molecule has 1 aliphatic heterocycles. The average molecular weight is 327 g/mol. The van der Waals surface area contributed by atoms with Crippen LogP contribution in [0.3, 0.4) is 0 Å². The second kappa shape index (κ2) is 7.08. The van der Waals surface area contributed by atoms with Crippen molar-refractivity contribution in [2.45, 2.75) is 46.0 Å². The van der Waals surface area contributed by atoms with Gasteiger partial charge in [0.25, 0.3) is 0 Å². The number of nitrogens with one attached hydrogen (secondary N) is 1. The lowest BCUT2D eigenvalue weighted by Crippen LogP contribution is -2.27. The number of aromatic nitrogens is 2. The topological polar surface area (TPSA) is 41.1 Å². The fourth-order valence-electron chi connectivity index (χ4n) is 2.41. The Bertz CT molecular complexity index is 414. The lowest BCUT2D eigenvalue weighted by Gasteiger charge is -2.22. The zero-order chi connectivity index (χ0) is 13.7. The molecule has 0 atom stereocenters. The summed E-state index contributed by atoms with van der Waals surface area (Å²) in [6, 6.07) is 0. The van der Waals surface area contributed by atoms with Gasteiger partial charge in [-0.1, -0.05) is 19.8 Å². The van der Waals surface area contributed by atoms with E-state index in [-0.39, 0.29) is 0 Å². The van der Waals surface area contributed by atoms with Crippen LogP contribution in [0, 0.1) is 0 Å². The molecular formula is C14H23BrN4. The smallest absolute Gasteiger partial charge is 0.227 e. The highest BCUT2D eigenvalue weighted by Gasteiger charge is 2.16. The normalized spacial score (nSPS) is 16.3. The zero-order valence-corrected chi connectivity index (χ0v) is 13.5. The van der Waals surface area contributed by atoms with E-state index in [9.17, 15) is 0 Å². The van der Waals surface area contributed by atoms with Crippen molar-refractivity contribution in [1.29, 1.82) is 0 Å². The Balaban J connectivity index is 2.30. The molecule has 0 unspecified atom stereocenters. The van der Waals surface area contributed by atoms with Crippen LogP contribution in [0.4, 0.5) is 11.8 Å². The van der Waals surface area contributed by atoms with Gasteiger partial charge in [-0.15, -0.1) is 0 Å². The molecule has 1 aromatic heterocycles. The molecule has 0 aliphatic carbocycles. The van der Waals surface area contributed by atoms with E-state index < -0.39 is 0 Å². The highest BCUT2D eigenvalue weighted by atomic mass is 79.9. The van der Waals surface area contributed by atoms with Gasteiger partial charge in [0.1, 0.15) is 5.82 Å². The van der Waals surface area contributed by atoms with E-state index in [1.165, 1.54) is 25.7 Å². The molecule has 0 amide bonds. The van der Waals surface area contributed by atoms with Crippen LogP contribution < -0.4 is 10.2 Å². The van der Waals surface area contributed by atoms with Gasteiger partial charge in [-0.3, -0.25) is 0 Å². The van der Waals surface area contributed by atoms with Crippen molar-refractivity contribution in [3.63, 3.8) is 0 Å². The molecule has 2 rings (SSSR count). The van der Waals surface area contributed by atoms with Gasteiger partial charge in [-0.05, 0) is 42.1 Å². The van der Waals surface area contributed by atoms with Gasteiger partial charge in [-0.2, -0.15) is 4.98 Å². The molecule has 1 aliphatic rings. The third-order valence-electron chi connectivity index (χ3n) is 3.48. The zero-order valence-electron chi connectivity index (χ0n) is 11.9. The standard InChI is InChI=1S/C14H23BrN4/c1-3-11-12(15)13(16-4-2)18-14(17-11)19-9-7-5-6-8-10-19/h3-10H2,1-2H3,(H,16,17,18). The van der Waals surface area contributed by atoms with Gasteiger partial charge in [0.15, 0.2) is 0 Å². The van der Waals surface area contributed by atoms with Crippen LogP contribution in [0.2, 0.25) is 0 Å². The number of hydrogen-bond acceptors (Lipinski definition) is 4. The Morgan fingerprint density at radius 2 is 1.79 bits per heavy atom. The first kappa shape index (κ1) is 14.6. The minimum Gasteiger partial charge on any atom is -0.369 e. The molecular weight excluding hydrogens is 304 g/mol. The van der Waals surface area contributed by atoms with Crippen molar-refractivity contribution in [2.75, 3.05) is 29.9 Å². The molecule has 1 saturated heterocycles. The second-order valence-electron chi connectivity index (χ2n) is 4.92. The largest absolute Gasteiger partial charge is 0.369 e. The predicted octanol–water partition coefficient (Wildman–Crippen LogP) is 3.61. The van der Waals surface area contributed by atoms with Crippen LogP contribution in [-0.2, 0) is 6.42 Å². The monoisotopic (exact) mass is 326 g/mol. The van der Waals surface area contributed by atoms with Crippen molar-refractivity contribution in [3.05, 3.63) is 10.2 Å². The fraction of sp³-hybridized carbons (Fsp3) is 0.714. The van der Waals surface area contributed by atoms with Crippen LogP contribution in [0.5, 0.6) is 0 Å². The van der Waals surface area contributed by atoms with E-state index in [4.69, 9.17) is 9.97 Å². The van der Waals surface area contributed by atoms with Crippen molar-refractivity contribution in [1.82, 2.24) is 9.97 Å². The van der Waals surface area contributed by atoms with Gasteiger partial charge < -0.3 is 10.2 Å². The van der Waals surface area contributed by atoms with Crippen molar-refractivity contribution >= 4 is 27.7 Å². The summed E-state index contributed by atoms with van der Waals surface area (Å²) in [6.07, 6.45) is 6.07. The summed E-state index contributed by atoms with van der Waals surface area (Å²) in [5.74, 6) is 1.81. The van der Waals surface area contributed by atoms with Gasteiger partial charge in [0, 0.05) is 19.6 Å². The molecule has 0 aromatic carbocycles. The van der Waals surface area contributed by atoms with E-state index in [1.807, 2.05) is 0 Å². The summed E-state index contributed by atoms with van der Waals surface area (Å²) in [5, 5.41) is 3.32. The van der Waals surface area contributed by atoms with Crippen molar-refractivity contribution in [2.24, 2.45) is 0 Å². The third-order valence-corrected chi connectivity index (χ3v) is 4.31. The number of anilines is 2. The van der Waals surface area contributed by atoms with Crippen molar-refractivity contribution in [3.8, 4) is 0 Å². The van der Waals surface area contributed by atoms with E-state index in [0.717, 1.165) is 48.0 Å². The molecule has 0 spiro atoms. The molecule has 0 radical (unpaired) electrons. The average Bonchev–Trinajstić information content (AvgIpc) is 2.70. The van der Waals surface area contributed by atoms with Crippen molar-refractivity contribution < 1.29 is 0 Å². The summed E-state index contributed by atoms with van der Waals surface area (Å²) in [5.41, 5.74) is 1.09. The number of halogens is 1. The molecule has 106 valence electrons. The summed E-state index contributed by atoms with van der Waals surface area (Å²) in [7, 11) is 0. The van der Waals surface area contributed by atoms with Gasteiger partial charge in [0.05, 0.1) is 10.2 Å². The first-order valence-electron chi connectivity index (χ1n) is 7.31. The molecule has 1 N–H and O–H groups in total. The Labute approximate surface area is 124 Å². The summed E-state index contributed by atoms with van der Waals surface area (Å²) in [4.78, 5) is 11.8. The van der Waals surface area contributed by atoms with Crippen LogP contribution in [0.1, 0.15) is 45.2 Å². The minimum absolute atomic E-state index is 0.873. The van der Waals surface area contributed by atoms with Crippen LogP contribution in [0.25, 0.3) is 0 Å². The van der Waals surface area contributed by atoms with Crippen LogP contribution in [-0.4, -0.2) is 29.6 Å². The lowest BCUT2D eigenvalue weighted by atomic mass is 10.2. The van der Waals surface area contributed by atoms with Crippen LogP contribution >= 0.6 is 15.9 Å². The number of rotatable bonds is 4. The number of nitrogens with zero attached hydrogens (tertiary/aromatic N) is 3. The van der Waals surface area contributed by atoms with E-state index >= 15 is 0 Å². The molecule has 19 heavy (non-hydrogen) atoms. The molecule has 0 bridgehead atoms. The maximum absolute atomic E-state index is 4.73. The lowest BCUT2D eigenvalue weighted by molar-refractivity contribution is 0.726. The number of aryl methyl sites for hydroxylation is 1.